The van der Waals surface area contributed by atoms with Gasteiger partial charge in [0.25, 0.3) is 5.43 Å². The minimum atomic E-state index is -0.786. The highest BCUT2D eigenvalue weighted by molar-refractivity contribution is 6.09. The van der Waals surface area contributed by atoms with Crippen molar-refractivity contribution in [3.63, 3.8) is 0 Å². The first-order valence-electron chi connectivity index (χ1n) is 10.7. The number of aromatic nitrogens is 1. The van der Waals surface area contributed by atoms with Crippen molar-refractivity contribution in [1.29, 1.82) is 0 Å². The molecule has 2 heterocycles. The average molecular weight is 422 g/mol. The normalized spacial score (nSPS) is 17.5. The summed E-state index contributed by atoms with van der Waals surface area (Å²) in [6, 6.07) is 22.7. The maximum atomic E-state index is 12.3. The van der Waals surface area contributed by atoms with E-state index >= 15 is 0 Å². The molecule has 158 valence electrons. The third-order valence-electron chi connectivity index (χ3n) is 7.16. The lowest BCUT2D eigenvalue weighted by atomic mass is 9.76. The quantitative estimate of drug-likeness (QED) is 0.424. The number of nitrogens with zero attached hydrogens (tertiary/aromatic N) is 2. The van der Waals surface area contributed by atoms with Crippen molar-refractivity contribution in [3.05, 3.63) is 98.3 Å². The second kappa shape index (κ2) is 6.10. The molecule has 1 unspecified atom stereocenters. The Bertz CT molecular complexity index is 1580. The second-order valence-electron chi connectivity index (χ2n) is 9.23. The van der Waals surface area contributed by atoms with Gasteiger partial charge in [-0.05, 0) is 35.9 Å². The molecule has 5 heteroatoms. The van der Waals surface area contributed by atoms with Gasteiger partial charge >= 0.3 is 0 Å². The molecule has 0 fully saturated rings. The fourth-order valence-electron chi connectivity index (χ4n) is 5.66. The Kier molecular flexibility index (Phi) is 3.60. The molecule has 0 bridgehead atoms. The first kappa shape index (κ1) is 18.9. The van der Waals surface area contributed by atoms with E-state index in [1.807, 2.05) is 24.1 Å². The first-order valence-corrected chi connectivity index (χ1v) is 10.7. The zero-order chi connectivity index (χ0) is 22.4. The number of hydrogen-bond donors (Lipinski definition) is 1. The van der Waals surface area contributed by atoms with Crippen LogP contribution in [0, 0.1) is 0 Å². The molecule has 0 saturated carbocycles. The van der Waals surface area contributed by atoms with Crippen molar-refractivity contribution in [3.8, 4) is 11.4 Å². The molecule has 1 aromatic heterocycles. The molecule has 1 aliphatic heterocycles. The zero-order valence-electron chi connectivity index (χ0n) is 18.1. The molecular formula is C27H22N2O3. The summed E-state index contributed by atoms with van der Waals surface area (Å²) in [6.07, 6.45) is 0. The molecule has 0 saturated heterocycles. The van der Waals surface area contributed by atoms with Gasteiger partial charge in [0.2, 0.25) is 5.43 Å². The number of aromatic hydroxyl groups is 1. The summed E-state index contributed by atoms with van der Waals surface area (Å²) in [7, 11) is 1.91. The van der Waals surface area contributed by atoms with E-state index in [9.17, 15) is 14.7 Å². The number of rotatable bonds is 2. The molecule has 1 atom stereocenters. The van der Waals surface area contributed by atoms with Crippen molar-refractivity contribution < 1.29 is 5.11 Å². The van der Waals surface area contributed by atoms with E-state index in [-0.39, 0.29) is 5.56 Å². The Hall–Kier alpha value is -3.86. The van der Waals surface area contributed by atoms with Crippen LogP contribution in [0.2, 0.25) is 0 Å². The second-order valence-corrected chi connectivity index (χ2v) is 9.23. The highest BCUT2D eigenvalue weighted by Gasteiger charge is 2.48. The summed E-state index contributed by atoms with van der Waals surface area (Å²) >= 11 is 0. The topological polar surface area (TPSA) is 62.5 Å². The van der Waals surface area contributed by atoms with Crippen LogP contribution >= 0.6 is 0 Å². The van der Waals surface area contributed by atoms with Crippen molar-refractivity contribution in [2.75, 3.05) is 11.9 Å². The third kappa shape index (κ3) is 2.18. The van der Waals surface area contributed by atoms with Crippen LogP contribution in [0.4, 0.5) is 5.69 Å². The Labute approximate surface area is 184 Å². The highest BCUT2D eigenvalue weighted by Crippen LogP contribution is 2.53. The third-order valence-corrected chi connectivity index (χ3v) is 7.16. The van der Waals surface area contributed by atoms with E-state index in [4.69, 9.17) is 0 Å². The molecule has 5 aromatic rings. The van der Waals surface area contributed by atoms with Gasteiger partial charge in [-0.3, -0.25) is 9.59 Å². The number of para-hydroxylation sites is 2. The van der Waals surface area contributed by atoms with Gasteiger partial charge in [0.05, 0.1) is 22.6 Å². The molecule has 0 spiro atoms. The largest absolute Gasteiger partial charge is 0.504 e. The van der Waals surface area contributed by atoms with E-state index in [1.165, 1.54) is 10.8 Å². The van der Waals surface area contributed by atoms with Crippen molar-refractivity contribution in [2.24, 2.45) is 0 Å². The van der Waals surface area contributed by atoms with Gasteiger partial charge < -0.3 is 14.6 Å². The van der Waals surface area contributed by atoms with Crippen LogP contribution in [0.5, 0.6) is 5.75 Å². The van der Waals surface area contributed by atoms with Gasteiger partial charge in [0.15, 0.2) is 5.75 Å². The Balaban J connectivity index is 1.59. The van der Waals surface area contributed by atoms with Crippen LogP contribution in [0.25, 0.3) is 27.5 Å². The van der Waals surface area contributed by atoms with Crippen LogP contribution in [-0.4, -0.2) is 16.7 Å². The van der Waals surface area contributed by atoms with Gasteiger partial charge in [-0.2, -0.15) is 0 Å². The Morgan fingerprint density at radius 2 is 1.44 bits per heavy atom. The van der Waals surface area contributed by atoms with Crippen molar-refractivity contribution in [2.45, 2.75) is 25.3 Å². The Morgan fingerprint density at radius 3 is 2.03 bits per heavy atom. The lowest BCUT2D eigenvalue weighted by Gasteiger charge is -2.33. The molecular weight excluding hydrogens is 400 g/mol. The summed E-state index contributed by atoms with van der Waals surface area (Å²) in [5.41, 5.74) is 3.76. The lowest BCUT2D eigenvalue weighted by Crippen LogP contribution is -2.43. The molecule has 0 radical (unpaired) electrons. The van der Waals surface area contributed by atoms with Gasteiger partial charge in [-0.15, -0.1) is 0 Å². The monoisotopic (exact) mass is 422 g/mol. The van der Waals surface area contributed by atoms with Crippen LogP contribution in [0.3, 0.4) is 0 Å². The number of fused-ring (bicyclic) bond motifs is 4. The predicted molar refractivity (Wildman–Crippen MR) is 128 cm³/mol. The molecule has 0 amide bonds. The van der Waals surface area contributed by atoms with Gasteiger partial charge in [0, 0.05) is 34.6 Å². The molecule has 32 heavy (non-hydrogen) atoms. The number of anilines is 1. The number of benzene rings is 3. The van der Waals surface area contributed by atoms with Crippen molar-refractivity contribution >= 4 is 27.5 Å². The van der Waals surface area contributed by atoms with E-state index in [2.05, 4.69) is 73.0 Å². The van der Waals surface area contributed by atoms with Gasteiger partial charge in [-0.1, -0.05) is 50.2 Å². The molecule has 5 nitrogen and oxygen atoms in total. The van der Waals surface area contributed by atoms with E-state index in [0.717, 1.165) is 28.0 Å². The van der Waals surface area contributed by atoms with Gasteiger partial charge in [-0.25, -0.2) is 0 Å². The standard InChI is InChI=1S/C27H22N2O3/c1-27(2)18-14-15(12-13-21(18)28(3)26(27)22-23(30)25(32)24(22)31)29-19-10-6-4-8-16(19)17-9-5-7-11-20(17)29/h4-14,26,30H,1-3H3. The van der Waals surface area contributed by atoms with Crippen LogP contribution in [0.1, 0.15) is 31.0 Å². The van der Waals surface area contributed by atoms with Crippen LogP contribution in [0.15, 0.2) is 76.3 Å². The minimum Gasteiger partial charge on any atom is -0.504 e. The van der Waals surface area contributed by atoms with E-state index < -0.39 is 28.1 Å². The smallest absolute Gasteiger partial charge is 0.268 e. The SMILES string of the molecule is CN1c2ccc(-n3c4ccccc4c4ccccc43)cc2C(C)(C)C1c1c(O)c(=O)c1=O. The maximum absolute atomic E-state index is 12.3. The number of likely N-dealkylation sites (N-methyl/N-ethyl adjacent to an activating group) is 1. The fraction of sp³-hybridized carbons (Fsp3) is 0.185. The predicted octanol–water partition coefficient (Wildman–Crippen LogP) is 4.55. The molecule has 1 N–H and O–H groups in total. The zero-order valence-corrected chi connectivity index (χ0v) is 18.1. The van der Waals surface area contributed by atoms with E-state index in [1.54, 1.807) is 0 Å². The lowest BCUT2D eigenvalue weighted by molar-refractivity contribution is 0.396. The molecule has 1 aliphatic rings. The summed E-state index contributed by atoms with van der Waals surface area (Å²) < 4.78 is 2.27. The summed E-state index contributed by atoms with van der Waals surface area (Å²) in [5.74, 6) is -0.393. The van der Waals surface area contributed by atoms with E-state index in [0.29, 0.717) is 0 Å². The average Bonchev–Trinajstić information content (AvgIpc) is 3.24. The number of hydrogen-bond acceptors (Lipinski definition) is 4. The fourth-order valence-corrected chi connectivity index (χ4v) is 5.66. The summed E-state index contributed by atoms with van der Waals surface area (Å²) in [6.45, 7) is 4.12. The molecule has 6 rings (SSSR count). The summed E-state index contributed by atoms with van der Waals surface area (Å²) in [5, 5.41) is 12.6. The van der Waals surface area contributed by atoms with Crippen molar-refractivity contribution in [1.82, 2.24) is 4.57 Å². The first-order chi connectivity index (χ1) is 15.3. The van der Waals surface area contributed by atoms with Gasteiger partial charge in [0.1, 0.15) is 0 Å². The maximum Gasteiger partial charge on any atom is 0.268 e. The van der Waals surface area contributed by atoms with Crippen LogP contribution in [-0.2, 0) is 5.41 Å². The molecule has 0 aliphatic carbocycles. The highest BCUT2D eigenvalue weighted by atomic mass is 16.3. The Morgan fingerprint density at radius 1 is 0.844 bits per heavy atom. The summed E-state index contributed by atoms with van der Waals surface area (Å²) in [4.78, 5) is 26.0. The molecule has 4 aromatic carbocycles. The minimum absolute atomic E-state index is 0.220. The van der Waals surface area contributed by atoms with Crippen LogP contribution < -0.4 is 15.8 Å².